The lowest BCUT2D eigenvalue weighted by molar-refractivity contribution is 0.0305. The Balaban J connectivity index is 1.76. The van der Waals surface area contributed by atoms with Gasteiger partial charge >= 0.3 is 0 Å². The smallest absolute Gasteiger partial charge is 0.0755 e. The molecule has 3 nitrogen and oxygen atoms in total. The molecule has 2 heterocycles. The van der Waals surface area contributed by atoms with Crippen LogP contribution in [-0.4, -0.2) is 25.3 Å². The lowest BCUT2D eigenvalue weighted by Gasteiger charge is -2.33. The van der Waals surface area contributed by atoms with Crippen molar-refractivity contribution in [1.82, 2.24) is 0 Å². The Bertz CT molecular complexity index is 351. The van der Waals surface area contributed by atoms with Gasteiger partial charge in [0, 0.05) is 25.3 Å². The lowest BCUT2D eigenvalue weighted by atomic mass is 10.2. The van der Waals surface area contributed by atoms with Crippen LogP contribution >= 0.6 is 0 Å². The van der Waals surface area contributed by atoms with Crippen LogP contribution in [0.5, 0.6) is 0 Å². The molecule has 1 aromatic carbocycles. The molecule has 0 aliphatic carbocycles. The molecule has 2 aliphatic rings. The molecule has 2 N–H and O–H groups in total. The predicted octanol–water partition coefficient (Wildman–Crippen LogP) is 1.51. The predicted molar refractivity (Wildman–Crippen MR) is 64.4 cm³/mol. The summed E-state index contributed by atoms with van der Waals surface area (Å²) in [6, 6.07) is 8.58. The topological polar surface area (TPSA) is 38.5 Å². The Hall–Kier alpha value is -1.06. The quantitative estimate of drug-likeness (QED) is 0.817. The van der Waals surface area contributed by atoms with E-state index in [0.29, 0.717) is 18.8 Å². The van der Waals surface area contributed by atoms with Gasteiger partial charge in [0.15, 0.2) is 0 Å². The number of nitrogens with two attached hydrogens (primary N) is 1. The molecule has 0 aromatic heterocycles. The highest BCUT2D eigenvalue weighted by atomic mass is 16.5. The molecule has 2 bridgehead atoms. The molecule has 3 heteroatoms. The van der Waals surface area contributed by atoms with E-state index in [1.807, 2.05) is 0 Å². The minimum Gasteiger partial charge on any atom is -0.371 e. The molecule has 2 fully saturated rings. The molecule has 0 radical (unpaired) electrons. The van der Waals surface area contributed by atoms with Crippen molar-refractivity contribution in [2.45, 2.75) is 31.6 Å². The van der Waals surface area contributed by atoms with Crippen LogP contribution in [-0.2, 0) is 11.3 Å². The molecule has 16 heavy (non-hydrogen) atoms. The second kappa shape index (κ2) is 4.07. The van der Waals surface area contributed by atoms with Gasteiger partial charge in [0.25, 0.3) is 0 Å². The molecule has 3 rings (SSSR count). The summed E-state index contributed by atoms with van der Waals surface area (Å²) in [6.07, 6.45) is 3.35. The van der Waals surface area contributed by atoms with Crippen LogP contribution in [0.3, 0.4) is 0 Å². The van der Waals surface area contributed by atoms with E-state index in [2.05, 4.69) is 29.2 Å². The van der Waals surface area contributed by atoms with Crippen LogP contribution in [0.15, 0.2) is 24.3 Å². The van der Waals surface area contributed by atoms with Crippen molar-refractivity contribution in [2.24, 2.45) is 5.73 Å². The monoisotopic (exact) mass is 218 g/mol. The maximum absolute atomic E-state index is 5.83. The SMILES string of the molecule is NCc1ccc(N2CC3CCC(C2)O3)cc1. The molecular weight excluding hydrogens is 200 g/mol. The van der Waals surface area contributed by atoms with Crippen LogP contribution < -0.4 is 10.6 Å². The maximum Gasteiger partial charge on any atom is 0.0755 e. The molecular formula is C13H18N2O. The van der Waals surface area contributed by atoms with Crippen molar-refractivity contribution in [1.29, 1.82) is 0 Å². The van der Waals surface area contributed by atoms with E-state index in [0.717, 1.165) is 13.1 Å². The van der Waals surface area contributed by atoms with E-state index in [-0.39, 0.29) is 0 Å². The summed E-state index contributed by atoms with van der Waals surface area (Å²) in [5.41, 5.74) is 8.10. The summed E-state index contributed by atoms with van der Waals surface area (Å²) in [5.74, 6) is 0. The van der Waals surface area contributed by atoms with E-state index in [1.54, 1.807) is 0 Å². The number of morpholine rings is 1. The van der Waals surface area contributed by atoms with Crippen LogP contribution in [0.2, 0.25) is 0 Å². The van der Waals surface area contributed by atoms with Gasteiger partial charge in [0.1, 0.15) is 0 Å². The van der Waals surface area contributed by atoms with Gasteiger partial charge in [-0.05, 0) is 30.5 Å². The van der Waals surface area contributed by atoms with Crippen molar-refractivity contribution in [2.75, 3.05) is 18.0 Å². The van der Waals surface area contributed by atoms with Crippen LogP contribution in [0, 0.1) is 0 Å². The average Bonchev–Trinajstić information content (AvgIpc) is 2.68. The first-order valence-electron chi connectivity index (χ1n) is 6.04. The summed E-state index contributed by atoms with van der Waals surface area (Å²) in [4.78, 5) is 2.44. The first-order chi connectivity index (χ1) is 7.85. The number of hydrogen-bond donors (Lipinski definition) is 1. The largest absolute Gasteiger partial charge is 0.371 e. The molecule has 86 valence electrons. The number of fused-ring (bicyclic) bond motifs is 2. The Labute approximate surface area is 96.2 Å². The third-order valence-electron chi connectivity index (χ3n) is 3.58. The van der Waals surface area contributed by atoms with Gasteiger partial charge in [-0.25, -0.2) is 0 Å². The minimum atomic E-state index is 0.452. The fourth-order valence-corrected chi connectivity index (χ4v) is 2.67. The van der Waals surface area contributed by atoms with Gasteiger partial charge in [0.2, 0.25) is 0 Å². The summed E-state index contributed by atoms with van der Waals surface area (Å²) in [7, 11) is 0. The zero-order chi connectivity index (χ0) is 11.0. The van der Waals surface area contributed by atoms with Crippen LogP contribution in [0.4, 0.5) is 5.69 Å². The Kier molecular flexibility index (Phi) is 2.58. The second-order valence-corrected chi connectivity index (χ2v) is 4.73. The highest BCUT2D eigenvalue weighted by Gasteiger charge is 2.33. The Morgan fingerprint density at radius 1 is 1.12 bits per heavy atom. The maximum atomic E-state index is 5.83. The first kappa shape index (κ1) is 10.1. The number of nitrogens with zero attached hydrogens (tertiary/aromatic N) is 1. The molecule has 2 saturated heterocycles. The Morgan fingerprint density at radius 3 is 2.31 bits per heavy atom. The summed E-state index contributed by atoms with van der Waals surface area (Å²) < 4.78 is 5.83. The number of benzene rings is 1. The van der Waals surface area contributed by atoms with E-state index < -0.39 is 0 Å². The molecule has 2 aliphatic heterocycles. The summed E-state index contributed by atoms with van der Waals surface area (Å²) >= 11 is 0. The van der Waals surface area contributed by atoms with Gasteiger partial charge in [-0.15, -0.1) is 0 Å². The van der Waals surface area contributed by atoms with Crippen molar-refractivity contribution < 1.29 is 4.74 Å². The lowest BCUT2D eigenvalue weighted by Crippen LogP contribution is -2.42. The standard InChI is InChI=1S/C13H18N2O/c14-7-10-1-3-11(4-2-10)15-8-12-5-6-13(9-15)16-12/h1-4,12-13H,5-9,14H2. The van der Waals surface area contributed by atoms with E-state index >= 15 is 0 Å². The van der Waals surface area contributed by atoms with Crippen molar-refractivity contribution in [3.8, 4) is 0 Å². The third kappa shape index (κ3) is 1.81. The number of rotatable bonds is 2. The molecule has 0 saturated carbocycles. The first-order valence-corrected chi connectivity index (χ1v) is 6.04. The molecule has 2 atom stereocenters. The molecule has 0 spiro atoms. The van der Waals surface area contributed by atoms with E-state index in [1.165, 1.54) is 24.1 Å². The highest BCUT2D eigenvalue weighted by molar-refractivity contribution is 5.48. The van der Waals surface area contributed by atoms with Crippen LogP contribution in [0.1, 0.15) is 18.4 Å². The zero-order valence-corrected chi connectivity index (χ0v) is 9.43. The van der Waals surface area contributed by atoms with E-state index in [4.69, 9.17) is 10.5 Å². The number of anilines is 1. The molecule has 2 unspecified atom stereocenters. The van der Waals surface area contributed by atoms with Crippen molar-refractivity contribution in [3.05, 3.63) is 29.8 Å². The van der Waals surface area contributed by atoms with E-state index in [9.17, 15) is 0 Å². The number of ether oxygens (including phenoxy) is 1. The summed E-state index contributed by atoms with van der Waals surface area (Å²) in [5, 5.41) is 0. The zero-order valence-electron chi connectivity index (χ0n) is 9.43. The fraction of sp³-hybridized carbons (Fsp3) is 0.538. The van der Waals surface area contributed by atoms with Crippen LogP contribution in [0.25, 0.3) is 0 Å². The van der Waals surface area contributed by atoms with Gasteiger partial charge in [-0.3, -0.25) is 0 Å². The normalized spacial score (nSPS) is 28.4. The van der Waals surface area contributed by atoms with Crippen molar-refractivity contribution in [3.63, 3.8) is 0 Å². The van der Waals surface area contributed by atoms with Gasteiger partial charge in [0.05, 0.1) is 12.2 Å². The average molecular weight is 218 g/mol. The second-order valence-electron chi connectivity index (χ2n) is 4.73. The Morgan fingerprint density at radius 2 is 1.75 bits per heavy atom. The van der Waals surface area contributed by atoms with Crippen molar-refractivity contribution >= 4 is 5.69 Å². The minimum absolute atomic E-state index is 0.452. The van der Waals surface area contributed by atoms with Gasteiger partial charge in [-0.2, -0.15) is 0 Å². The fourth-order valence-electron chi connectivity index (χ4n) is 2.67. The molecule has 1 aromatic rings. The molecule has 0 amide bonds. The van der Waals surface area contributed by atoms with Gasteiger partial charge < -0.3 is 15.4 Å². The van der Waals surface area contributed by atoms with Gasteiger partial charge in [-0.1, -0.05) is 12.1 Å². The highest BCUT2D eigenvalue weighted by Crippen LogP contribution is 2.29. The number of hydrogen-bond acceptors (Lipinski definition) is 3. The third-order valence-corrected chi connectivity index (χ3v) is 3.58. The summed E-state index contributed by atoms with van der Waals surface area (Å²) in [6.45, 7) is 2.70.